The van der Waals surface area contributed by atoms with Crippen molar-refractivity contribution in [2.45, 2.75) is 45.7 Å². The summed E-state index contributed by atoms with van der Waals surface area (Å²) in [6.07, 6.45) is 4.36. The highest BCUT2D eigenvalue weighted by atomic mass is 15.0. The van der Waals surface area contributed by atoms with E-state index in [1.54, 1.807) is 0 Å². The third-order valence-corrected chi connectivity index (χ3v) is 3.75. The SMILES string of the molecule is CC(=NC1CNCC(C)C1)C1CC=NC1C. The first-order chi connectivity index (χ1) is 7.66. The first kappa shape index (κ1) is 11.8. The van der Waals surface area contributed by atoms with Gasteiger partial charge in [-0.15, -0.1) is 0 Å². The first-order valence-electron chi connectivity index (χ1n) is 6.43. The highest BCUT2D eigenvalue weighted by molar-refractivity contribution is 5.88. The number of hydrogen-bond acceptors (Lipinski definition) is 3. The summed E-state index contributed by atoms with van der Waals surface area (Å²) in [5.41, 5.74) is 1.30. The maximum Gasteiger partial charge on any atom is 0.0626 e. The van der Waals surface area contributed by atoms with Crippen LogP contribution in [0.3, 0.4) is 0 Å². The largest absolute Gasteiger partial charge is 0.314 e. The average molecular weight is 221 g/mol. The second kappa shape index (κ2) is 5.09. The van der Waals surface area contributed by atoms with Gasteiger partial charge in [-0.1, -0.05) is 6.92 Å². The van der Waals surface area contributed by atoms with Gasteiger partial charge >= 0.3 is 0 Å². The molecule has 0 aromatic rings. The van der Waals surface area contributed by atoms with Gasteiger partial charge in [0, 0.05) is 18.2 Å². The lowest BCUT2D eigenvalue weighted by molar-refractivity contribution is 0.364. The highest BCUT2D eigenvalue weighted by Crippen LogP contribution is 2.21. The molecule has 16 heavy (non-hydrogen) atoms. The first-order valence-corrected chi connectivity index (χ1v) is 6.43. The Morgan fingerprint density at radius 3 is 2.81 bits per heavy atom. The van der Waals surface area contributed by atoms with Crippen LogP contribution in [0.4, 0.5) is 0 Å². The normalized spacial score (nSPS) is 40.3. The number of nitrogens with zero attached hydrogens (tertiary/aromatic N) is 2. The van der Waals surface area contributed by atoms with Crippen LogP contribution in [0.2, 0.25) is 0 Å². The van der Waals surface area contributed by atoms with Gasteiger partial charge in [-0.3, -0.25) is 9.98 Å². The molecule has 2 heterocycles. The average Bonchev–Trinajstić information content (AvgIpc) is 2.64. The van der Waals surface area contributed by atoms with E-state index < -0.39 is 0 Å². The van der Waals surface area contributed by atoms with Crippen LogP contribution in [-0.2, 0) is 0 Å². The number of rotatable bonds is 2. The van der Waals surface area contributed by atoms with Gasteiger partial charge < -0.3 is 5.32 Å². The quantitative estimate of drug-likeness (QED) is 0.711. The van der Waals surface area contributed by atoms with Gasteiger partial charge in [-0.2, -0.15) is 0 Å². The summed E-state index contributed by atoms with van der Waals surface area (Å²) in [4.78, 5) is 9.32. The molecule has 2 aliphatic rings. The van der Waals surface area contributed by atoms with Crippen molar-refractivity contribution in [2.75, 3.05) is 13.1 Å². The molecule has 0 aliphatic carbocycles. The third kappa shape index (κ3) is 2.70. The van der Waals surface area contributed by atoms with Crippen LogP contribution in [-0.4, -0.2) is 37.1 Å². The minimum atomic E-state index is 0.428. The van der Waals surface area contributed by atoms with E-state index in [1.807, 2.05) is 0 Å². The highest BCUT2D eigenvalue weighted by Gasteiger charge is 2.24. The van der Waals surface area contributed by atoms with Crippen LogP contribution in [0.25, 0.3) is 0 Å². The van der Waals surface area contributed by atoms with Gasteiger partial charge in [0.1, 0.15) is 0 Å². The lowest BCUT2D eigenvalue weighted by Gasteiger charge is -2.26. The van der Waals surface area contributed by atoms with E-state index in [-0.39, 0.29) is 0 Å². The molecule has 1 N–H and O–H groups in total. The monoisotopic (exact) mass is 221 g/mol. The molecular weight excluding hydrogens is 198 g/mol. The topological polar surface area (TPSA) is 36.8 Å². The molecule has 0 radical (unpaired) electrons. The summed E-state index contributed by atoms with van der Waals surface area (Å²) >= 11 is 0. The van der Waals surface area contributed by atoms with Crippen LogP contribution >= 0.6 is 0 Å². The fourth-order valence-electron chi connectivity index (χ4n) is 2.77. The van der Waals surface area contributed by atoms with Crippen molar-refractivity contribution >= 4 is 11.9 Å². The smallest absolute Gasteiger partial charge is 0.0626 e. The van der Waals surface area contributed by atoms with E-state index in [2.05, 4.69) is 37.3 Å². The van der Waals surface area contributed by atoms with E-state index in [4.69, 9.17) is 4.99 Å². The maximum absolute atomic E-state index is 4.89. The van der Waals surface area contributed by atoms with Gasteiger partial charge in [-0.25, -0.2) is 0 Å². The van der Waals surface area contributed by atoms with Gasteiger partial charge in [-0.05, 0) is 45.4 Å². The van der Waals surface area contributed by atoms with E-state index in [9.17, 15) is 0 Å². The maximum atomic E-state index is 4.89. The minimum absolute atomic E-state index is 0.428. The second-order valence-corrected chi connectivity index (χ2v) is 5.34. The Bertz CT molecular complexity index is 296. The molecule has 4 unspecified atom stereocenters. The third-order valence-electron chi connectivity index (χ3n) is 3.75. The van der Waals surface area contributed by atoms with E-state index >= 15 is 0 Å². The van der Waals surface area contributed by atoms with E-state index in [0.29, 0.717) is 18.0 Å². The van der Waals surface area contributed by atoms with E-state index in [1.165, 1.54) is 12.1 Å². The Hall–Kier alpha value is -0.700. The van der Waals surface area contributed by atoms with Crippen molar-refractivity contribution < 1.29 is 0 Å². The Morgan fingerprint density at radius 1 is 1.38 bits per heavy atom. The number of aliphatic imine (C=N–C) groups is 2. The molecule has 0 aromatic heterocycles. The molecule has 0 aromatic carbocycles. The molecule has 1 fully saturated rings. The molecule has 0 spiro atoms. The van der Waals surface area contributed by atoms with Crippen molar-refractivity contribution in [1.82, 2.24) is 5.32 Å². The van der Waals surface area contributed by atoms with Crippen LogP contribution in [0.15, 0.2) is 9.98 Å². The van der Waals surface area contributed by atoms with E-state index in [0.717, 1.165) is 25.4 Å². The minimum Gasteiger partial charge on any atom is -0.314 e. The lowest BCUT2D eigenvalue weighted by atomic mass is 9.94. The fourth-order valence-corrected chi connectivity index (χ4v) is 2.77. The number of nitrogens with one attached hydrogen (secondary N) is 1. The van der Waals surface area contributed by atoms with Crippen LogP contribution in [0.1, 0.15) is 33.6 Å². The predicted molar refractivity (Wildman–Crippen MR) is 69.6 cm³/mol. The Morgan fingerprint density at radius 2 is 2.19 bits per heavy atom. The number of hydrogen-bond donors (Lipinski definition) is 1. The predicted octanol–water partition coefficient (Wildman–Crippen LogP) is 1.92. The Kier molecular flexibility index (Phi) is 3.74. The zero-order valence-electron chi connectivity index (χ0n) is 10.6. The van der Waals surface area contributed by atoms with Crippen molar-refractivity contribution in [2.24, 2.45) is 21.8 Å². The Balaban J connectivity index is 1.95. The molecule has 2 aliphatic heterocycles. The van der Waals surface area contributed by atoms with Gasteiger partial charge in [0.15, 0.2) is 0 Å². The molecule has 2 rings (SSSR count). The molecule has 0 saturated carbocycles. The summed E-state index contributed by atoms with van der Waals surface area (Å²) in [6, 6.07) is 0.911. The molecule has 90 valence electrons. The standard InChI is InChI=1S/C13H23N3/c1-9-6-12(8-14-7-9)16-11(3)13-4-5-15-10(13)2/h5,9-10,12-14H,4,6-8H2,1-3H3. The van der Waals surface area contributed by atoms with Crippen molar-refractivity contribution in [3.05, 3.63) is 0 Å². The van der Waals surface area contributed by atoms with Gasteiger partial charge in [0.25, 0.3) is 0 Å². The number of piperidine rings is 1. The molecular formula is C13H23N3. The molecule has 4 atom stereocenters. The molecule has 1 saturated heterocycles. The molecule has 0 amide bonds. The van der Waals surface area contributed by atoms with Crippen LogP contribution in [0, 0.1) is 11.8 Å². The molecule has 3 nitrogen and oxygen atoms in total. The summed E-state index contributed by atoms with van der Waals surface area (Å²) in [5.74, 6) is 1.31. The summed E-state index contributed by atoms with van der Waals surface area (Å²) < 4.78 is 0. The van der Waals surface area contributed by atoms with Crippen LogP contribution < -0.4 is 5.32 Å². The summed E-state index contributed by atoms with van der Waals surface area (Å²) in [6.45, 7) is 8.85. The van der Waals surface area contributed by atoms with Crippen molar-refractivity contribution in [3.63, 3.8) is 0 Å². The summed E-state index contributed by atoms with van der Waals surface area (Å²) in [5, 5.41) is 3.45. The fraction of sp³-hybridized carbons (Fsp3) is 0.846. The lowest BCUT2D eigenvalue weighted by Crippen LogP contribution is -2.38. The van der Waals surface area contributed by atoms with Gasteiger partial charge in [0.05, 0.1) is 12.1 Å². The zero-order chi connectivity index (χ0) is 11.5. The van der Waals surface area contributed by atoms with Crippen molar-refractivity contribution in [3.8, 4) is 0 Å². The Labute approximate surface area is 98.4 Å². The van der Waals surface area contributed by atoms with Gasteiger partial charge in [0.2, 0.25) is 0 Å². The molecule has 3 heteroatoms. The summed E-state index contributed by atoms with van der Waals surface area (Å²) in [7, 11) is 0. The second-order valence-electron chi connectivity index (χ2n) is 5.34. The van der Waals surface area contributed by atoms with Crippen molar-refractivity contribution in [1.29, 1.82) is 0 Å². The molecule has 0 bridgehead atoms. The van der Waals surface area contributed by atoms with Crippen LogP contribution in [0.5, 0.6) is 0 Å². The zero-order valence-corrected chi connectivity index (χ0v) is 10.6.